The second-order valence-corrected chi connectivity index (χ2v) is 8.66. The predicted octanol–water partition coefficient (Wildman–Crippen LogP) is 2.41. The highest BCUT2D eigenvalue weighted by molar-refractivity contribution is 7.93. The Bertz CT molecular complexity index is 671. The number of pyridine rings is 1. The smallest absolute Gasteiger partial charge is 0.335 e. The number of nitrogens with one attached hydrogen (secondary N) is 1. The van der Waals surface area contributed by atoms with Gasteiger partial charge in [0.15, 0.2) is 0 Å². The van der Waals surface area contributed by atoms with Crippen LogP contribution in [0.25, 0.3) is 0 Å². The number of carbonyl (C=O) groups is 1. The molecule has 0 saturated heterocycles. The Labute approximate surface area is 137 Å². The van der Waals surface area contributed by atoms with Crippen LogP contribution in [0.3, 0.4) is 0 Å². The number of anilines is 2. The van der Waals surface area contributed by atoms with Crippen LogP contribution in [0.5, 0.6) is 0 Å². The molecule has 0 fully saturated rings. The summed E-state index contributed by atoms with van der Waals surface area (Å²) >= 11 is 0. The first-order valence-corrected chi connectivity index (χ1v) is 8.96. The summed E-state index contributed by atoms with van der Waals surface area (Å²) < 4.78 is 25.6. The monoisotopic (exact) mass is 343 g/mol. The van der Waals surface area contributed by atoms with Gasteiger partial charge in [-0.15, -0.1) is 0 Å². The van der Waals surface area contributed by atoms with Gasteiger partial charge in [-0.25, -0.2) is 18.2 Å². The van der Waals surface area contributed by atoms with Crippen LogP contribution in [0.4, 0.5) is 11.6 Å². The van der Waals surface area contributed by atoms with Gasteiger partial charge < -0.3 is 10.4 Å². The average molecular weight is 343 g/mol. The van der Waals surface area contributed by atoms with Crippen LogP contribution in [0.15, 0.2) is 12.1 Å². The number of aromatic carboxylic acids is 1. The molecule has 0 saturated carbocycles. The fourth-order valence-electron chi connectivity index (χ4n) is 1.72. The van der Waals surface area contributed by atoms with Crippen molar-refractivity contribution in [1.82, 2.24) is 4.98 Å². The van der Waals surface area contributed by atoms with Gasteiger partial charge in [-0.1, -0.05) is 13.8 Å². The maximum Gasteiger partial charge on any atom is 0.335 e. The van der Waals surface area contributed by atoms with Crippen LogP contribution in [-0.2, 0) is 10.0 Å². The quantitative estimate of drug-likeness (QED) is 0.788. The summed E-state index contributed by atoms with van der Waals surface area (Å²) in [7, 11) is -2.21. The lowest BCUT2D eigenvalue weighted by molar-refractivity contribution is 0.0697. The van der Waals surface area contributed by atoms with Crippen LogP contribution >= 0.6 is 0 Å². The molecule has 1 rings (SSSR count). The van der Waals surface area contributed by atoms with E-state index in [0.717, 1.165) is 4.31 Å². The van der Waals surface area contributed by atoms with Crippen molar-refractivity contribution in [1.29, 1.82) is 0 Å². The molecule has 0 aromatic carbocycles. The van der Waals surface area contributed by atoms with Gasteiger partial charge in [0.25, 0.3) is 0 Å². The highest BCUT2D eigenvalue weighted by Crippen LogP contribution is 2.22. The Morgan fingerprint density at radius 2 is 1.78 bits per heavy atom. The number of rotatable bonds is 7. The third-order valence-electron chi connectivity index (χ3n) is 3.73. The standard InChI is InChI=1S/C15H25N3O4S/c1-9(2)11(5)16-13-7-12(15(19)20)8-14(17-13)18(6)23(21,22)10(3)4/h7-11H,1-6H3,(H,16,17)(H,19,20)/t11-/m0/s1. The van der Waals surface area contributed by atoms with Gasteiger partial charge in [0.2, 0.25) is 10.0 Å². The van der Waals surface area contributed by atoms with Gasteiger partial charge in [0.1, 0.15) is 11.6 Å². The van der Waals surface area contributed by atoms with Crippen molar-refractivity contribution in [2.24, 2.45) is 5.92 Å². The van der Waals surface area contributed by atoms with Gasteiger partial charge in [-0.05, 0) is 38.8 Å². The SMILES string of the molecule is CC(C)[C@H](C)Nc1cc(C(=O)O)cc(N(C)S(=O)(=O)C(C)C)n1. The Balaban J connectivity index is 3.32. The zero-order valence-electron chi connectivity index (χ0n) is 14.4. The van der Waals surface area contributed by atoms with Crippen molar-refractivity contribution in [3.63, 3.8) is 0 Å². The molecule has 0 aliphatic rings. The van der Waals surface area contributed by atoms with Crippen molar-refractivity contribution in [3.8, 4) is 0 Å². The third kappa shape index (κ3) is 4.57. The average Bonchev–Trinajstić information content (AvgIpc) is 2.45. The van der Waals surface area contributed by atoms with Crippen LogP contribution in [0.2, 0.25) is 0 Å². The maximum absolute atomic E-state index is 12.3. The van der Waals surface area contributed by atoms with E-state index >= 15 is 0 Å². The molecule has 130 valence electrons. The second-order valence-electron chi connectivity index (χ2n) is 6.14. The Hall–Kier alpha value is -1.83. The minimum atomic E-state index is -3.58. The van der Waals surface area contributed by atoms with E-state index in [1.165, 1.54) is 19.2 Å². The molecular formula is C15H25N3O4S. The lowest BCUT2D eigenvalue weighted by Gasteiger charge is -2.23. The maximum atomic E-state index is 12.3. The molecule has 1 aromatic heterocycles. The van der Waals surface area contributed by atoms with Gasteiger partial charge in [-0.2, -0.15) is 0 Å². The molecule has 0 aliphatic carbocycles. The summed E-state index contributed by atoms with van der Waals surface area (Å²) in [5.74, 6) is -0.404. The van der Waals surface area contributed by atoms with E-state index in [2.05, 4.69) is 10.3 Å². The summed E-state index contributed by atoms with van der Waals surface area (Å²) in [5, 5.41) is 11.7. The summed E-state index contributed by atoms with van der Waals surface area (Å²) in [6.45, 7) is 9.12. The van der Waals surface area contributed by atoms with Crippen molar-refractivity contribution < 1.29 is 18.3 Å². The topological polar surface area (TPSA) is 99.6 Å². The van der Waals surface area contributed by atoms with E-state index in [9.17, 15) is 18.3 Å². The van der Waals surface area contributed by atoms with Gasteiger partial charge >= 0.3 is 5.97 Å². The first kappa shape index (κ1) is 19.2. The molecule has 23 heavy (non-hydrogen) atoms. The summed E-state index contributed by atoms with van der Waals surface area (Å²) in [5.41, 5.74) is -0.0146. The van der Waals surface area contributed by atoms with Crippen molar-refractivity contribution in [2.45, 2.75) is 45.9 Å². The van der Waals surface area contributed by atoms with Gasteiger partial charge in [0, 0.05) is 13.1 Å². The molecular weight excluding hydrogens is 318 g/mol. The second kappa shape index (κ2) is 7.16. The van der Waals surface area contributed by atoms with E-state index < -0.39 is 21.2 Å². The minimum absolute atomic E-state index is 0.0146. The van der Waals surface area contributed by atoms with E-state index in [0.29, 0.717) is 11.7 Å². The van der Waals surface area contributed by atoms with E-state index in [1.807, 2.05) is 20.8 Å². The van der Waals surface area contributed by atoms with E-state index in [1.54, 1.807) is 13.8 Å². The summed E-state index contributed by atoms with van der Waals surface area (Å²) in [6.07, 6.45) is 0. The number of nitrogens with zero attached hydrogens (tertiary/aromatic N) is 2. The number of sulfonamides is 1. The first-order chi connectivity index (χ1) is 10.5. The Morgan fingerprint density at radius 1 is 1.22 bits per heavy atom. The number of aromatic nitrogens is 1. The lowest BCUT2D eigenvalue weighted by atomic mass is 10.1. The minimum Gasteiger partial charge on any atom is -0.478 e. The number of hydrogen-bond acceptors (Lipinski definition) is 5. The Morgan fingerprint density at radius 3 is 2.22 bits per heavy atom. The zero-order chi connectivity index (χ0) is 17.9. The van der Waals surface area contributed by atoms with Crippen LogP contribution in [0.1, 0.15) is 45.0 Å². The molecule has 1 aromatic rings. The number of carboxylic acid groups (broad SMARTS) is 1. The molecule has 0 unspecified atom stereocenters. The highest BCUT2D eigenvalue weighted by atomic mass is 32.2. The van der Waals surface area contributed by atoms with Crippen molar-refractivity contribution in [2.75, 3.05) is 16.7 Å². The van der Waals surface area contributed by atoms with E-state index in [4.69, 9.17) is 0 Å². The van der Waals surface area contributed by atoms with E-state index in [-0.39, 0.29) is 17.4 Å². The number of hydrogen-bond donors (Lipinski definition) is 2. The summed E-state index contributed by atoms with van der Waals surface area (Å²) in [4.78, 5) is 15.6. The van der Waals surface area contributed by atoms with Crippen molar-refractivity contribution >= 4 is 27.6 Å². The first-order valence-electron chi connectivity index (χ1n) is 7.46. The normalized spacial score (nSPS) is 13.2. The summed E-state index contributed by atoms with van der Waals surface area (Å²) in [6, 6.07) is 2.72. The zero-order valence-corrected chi connectivity index (χ0v) is 15.2. The molecule has 7 nitrogen and oxygen atoms in total. The van der Waals surface area contributed by atoms with Crippen LogP contribution in [-0.4, -0.2) is 42.8 Å². The van der Waals surface area contributed by atoms with Crippen LogP contribution < -0.4 is 9.62 Å². The fourth-order valence-corrected chi connectivity index (χ4v) is 2.71. The van der Waals surface area contributed by atoms with Crippen LogP contribution in [0, 0.1) is 5.92 Å². The largest absolute Gasteiger partial charge is 0.478 e. The lowest BCUT2D eigenvalue weighted by Crippen LogP contribution is -2.34. The number of carboxylic acids is 1. The molecule has 0 radical (unpaired) electrons. The molecule has 8 heteroatoms. The molecule has 0 bridgehead atoms. The van der Waals surface area contributed by atoms with Gasteiger partial charge in [0.05, 0.1) is 10.8 Å². The molecule has 1 heterocycles. The molecule has 2 N–H and O–H groups in total. The fraction of sp³-hybridized carbons (Fsp3) is 0.600. The molecule has 0 spiro atoms. The third-order valence-corrected chi connectivity index (χ3v) is 5.88. The molecule has 1 atom stereocenters. The van der Waals surface area contributed by atoms with Gasteiger partial charge in [-0.3, -0.25) is 4.31 Å². The van der Waals surface area contributed by atoms with Crippen molar-refractivity contribution in [3.05, 3.63) is 17.7 Å². The highest BCUT2D eigenvalue weighted by Gasteiger charge is 2.25. The molecule has 0 amide bonds. The predicted molar refractivity (Wildman–Crippen MR) is 91.6 cm³/mol. The Kier molecular flexibility index (Phi) is 5.98. The molecule has 0 aliphatic heterocycles.